The minimum absolute atomic E-state index is 0.0128. The number of hydrogen-bond acceptors (Lipinski definition) is 16. The lowest BCUT2D eigenvalue weighted by Crippen LogP contribution is -2.58. The molecule has 1 aromatic heterocycles. The molecule has 0 bridgehead atoms. The molecule has 0 amide bonds. The fourth-order valence-corrected chi connectivity index (χ4v) is 4.79. The highest BCUT2D eigenvalue weighted by atomic mass is 16.7. The molecule has 8 N–H and O–H groups in total. The predicted octanol–water partition coefficient (Wildman–Crippen LogP) is -0.828. The van der Waals surface area contributed by atoms with Crippen molar-refractivity contribution < 1.29 is 73.7 Å². The van der Waals surface area contributed by atoms with Gasteiger partial charge in [0.25, 0.3) is 0 Å². The molecule has 238 valence electrons. The Morgan fingerprint density at radius 2 is 1.52 bits per heavy atom. The first kappa shape index (κ1) is 31.3. The molecule has 2 fully saturated rings. The number of esters is 1. The highest BCUT2D eigenvalue weighted by molar-refractivity contribution is 5.89. The van der Waals surface area contributed by atoms with Gasteiger partial charge in [0.2, 0.25) is 23.8 Å². The average Bonchev–Trinajstić information content (AvgIpc) is 3.25. The molecular formula is C28H30O16. The summed E-state index contributed by atoms with van der Waals surface area (Å²) in [6.07, 6.45) is -13.6. The summed E-state index contributed by atoms with van der Waals surface area (Å²) in [5.74, 6) is -3.93. The van der Waals surface area contributed by atoms with Crippen LogP contribution >= 0.6 is 0 Å². The normalized spacial score (nSPS) is 30.3. The van der Waals surface area contributed by atoms with Gasteiger partial charge in [0.05, 0.1) is 6.10 Å². The quantitative estimate of drug-likeness (QED) is 0.118. The van der Waals surface area contributed by atoms with Gasteiger partial charge in [-0.1, -0.05) is 0 Å². The van der Waals surface area contributed by atoms with Crippen molar-refractivity contribution >= 4 is 16.9 Å². The number of ether oxygens (including phenoxy) is 5. The number of rotatable bonds is 7. The Morgan fingerprint density at radius 3 is 2.20 bits per heavy atom. The van der Waals surface area contributed by atoms with Crippen molar-refractivity contribution in [1.29, 1.82) is 0 Å². The van der Waals surface area contributed by atoms with Crippen LogP contribution in [0.25, 0.3) is 22.3 Å². The third kappa shape index (κ3) is 5.71. The van der Waals surface area contributed by atoms with E-state index in [1.165, 1.54) is 25.1 Å². The van der Waals surface area contributed by atoms with Crippen LogP contribution in [0.2, 0.25) is 0 Å². The molecule has 3 aromatic rings. The number of carbonyl (C=O) groups is 1. The summed E-state index contributed by atoms with van der Waals surface area (Å²) in [7, 11) is 0. The number of phenolic OH excluding ortho intramolecular Hbond substituents is 3. The minimum atomic E-state index is -1.75. The molecule has 2 saturated heterocycles. The lowest BCUT2D eigenvalue weighted by Gasteiger charge is -2.38. The van der Waals surface area contributed by atoms with Gasteiger partial charge in [-0.25, -0.2) is 0 Å². The Kier molecular flexibility index (Phi) is 8.59. The van der Waals surface area contributed by atoms with Crippen molar-refractivity contribution in [3.63, 3.8) is 0 Å². The molecule has 2 aliphatic heterocycles. The Labute approximate surface area is 247 Å². The number of phenols is 3. The van der Waals surface area contributed by atoms with E-state index in [2.05, 4.69) is 0 Å². The van der Waals surface area contributed by atoms with E-state index in [4.69, 9.17) is 28.1 Å². The maximum atomic E-state index is 13.9. The maximum Gasteiger partial charge on any atom is 0.302 e. The summed E-state index contributed by atoms with van der Waals surface area (Å²) >= 11 is 0. The maximum absolute atomic E-state index is 13.9. The first-order valence-corrected chi connectivity index (χ1v) is 13.3. The van der Waals surface area contributed by atoms with Crippen molar-refractivity contribution in [3.05, 3.63) is 40.6 Å². The molecule has 0 radical (unpaired) electrons. The molecule has 0 saturated carbocycles. The highest BCUT2D eigenvalue weighted by Gasteiger charge is 2.46. The Hall–Kier alpha value is -4.16. The van der Waals surface area contributed by atoms with E-state index >= 15 is 0 Å². The van der Waals surface area contributed by atoms with E-state index in [1.807, 2.05) is 0 Å². The number of aliphatic hydroxyl groups excluding tert-OH is 5. The van der Waals surface area contributed by atoms with Crippen LogP contribution in [0.15, 0.2) is 39.5 Å². The molecule has 2 aromatic carbocycles. The number of hydrogen-bond donors (Lipinski definition) is 8. The fraction of sp³-hybridized carbons (Fsp3) is 0.429. The van der Waals surface area contributed by atoms with E-state index in [0.29, 0.717) is 0 Å². The highest BCUT2D eigenvalue weighted by Crippen LogP contribution is 2.41. The van der Waals surface area contributed by atoms with E-state index < -0.39 is 102 Å². The summed E-state index contributed by atoms with van der Waals surface area (Å²) in [5.41, 5.74) is -1.25. The molecule has 16 nitrogen and oxygen atoms in total. The second kappa shape index (κ2) is 12.1. The molecule has 0 aliphatic carbocycles. The van der Waals surface area contributed by atoms with Crippen LogP contribution in [0.5, 0.6) is 28.7 Å². The molecule has 0 spiro atoms. The number of aromatic hydroxyl groups is 3. The van der Waals surface area contributed by atoms with Crippen LogP contribution in [0.3, 0.4) is 0 Å². The molecule has 9 atom stereocenters. The average molecular weight is 623 g/mol. The largest absolute Gasteiger partial charge is 0.504 e. The van der Waals surface area contributed by atoms with Crippen molar-refractivity contribution in [1.82, 2.24) is 0 Å². The third-order valence-electron chi connectivity index (χ3n) is 7.25. The van der Waals surface area contributed by atoms with Crippen LogP contribution in [-0.4, -0.2) is 109 Å². The zero-order valence-corrected chi connectivity index (χ0v) is 23.1. The van der Waals surface area contributed by atoms with Crippen LogP contribution in [0.1, 0.15) is 13.8 Å². The van der Waals surface area contributed by atoms with Crippen molar-refractivity contribution in [2.75, 3.05) is 6.61 Å². The summed E-state index contributed by atoms with van der Waals surface area (Å²) in [4.78, 5) is 25.1. The van der Waals surface area contributed by atoms with Gasteiger partial charge in [0.1, 0.15) is 54.2 Å². The molecule has 0 unspecified atom stereocenters. The van der Waals surface area contributed by atoms with Gasteiger partial charge in [-0.2, -0.15) is 0 Å². The monoisotopic (exact) mass is 622 g/mol. The van der Waals surface area contributed by atoms with Crippen molar-refractivity contribution in [2.45, 2.75) is 69.2 Å². The van der Waals surface area contributed by atoms with E-state index in [1.54, 1.807) is 0 Å². The summed E-state index contributed by atoms with van der Waals surface area (Å²) in [5, 5.41) is 81.8. The van der Waals surface area contributed by atoms with Crippen molar-refractivity contribution in [3.8, 4) is 40.1 Å². The minimum Gasteiger partial charge on any atom is -0.504 e. The van der Waals surface area contributed by atoms with E-state index in [0.717, 1.165) is 19.1 Å². The van der Waals surface area contributed by atoms with Gasteiger partial charge < -0.3 is 69.0 Å². The van der Waals surface area contributed by atoms with Gasteiger partial charge in [-0.15, -0.1) is 0 Å². The zero-order chi connectivity index (χ0) is 32.0. The Balaban J connectivity index is 1.57. The topological polar surface area (TPSA) is 255 Å². The number of fused-ring (bicyclic) bond motifs is 1. The smallest absolute Gasteiger partial charge is 0.302 e. The fourth-order valence-electron chi connectivity index (χ4n) is 4.79. The number of benzene rings is 2. The van der Waals surface area contributed by atoms with Gasteiger partial charge in [-0.3, -0.25) is 9.59 Å². The summed E-state index contributed by atoms with van der Waals surface area (Å²) in [6, 6.07) is 5.84. The lowest BCUT2D eigenvalue weighted by atomic mass is 10.00. The lowest BCUT2D eigenvalue weighted by molar-refractivity contribution is -0.268. The first-order chi connectivity index (χ1) is 20.8. The van der Waals surface area contributed by atoms with Gasteiger partial charge in [0, 0.05) is 12.5 Å². The number of carbonyl (C=O) groups excluding carboxylic acids is 1. The van der Waals surface area contributed by atoms with Crippen LogP contribution < -0.4 is 14.9 Å². The molecule has 5 rings (SSSR count). The predicted molar refractivity (Wildman–Crippen MR) is 144 cm³/mol. The van der Waals surface area contributed by atoms with Crippen LogP contribution in [0.4, 0.5) is 0 Å². The van der Waals surface area contributed by atoms with Gasteiger partial charge in [0.15, 0.2) is 28.8 Å². The van der Waals surface area contributed by atoms with Gasteiger partial charge in [-0.05, 0) is 37.3 Å². The van der Waals surface area contributed by atoms with E-state index in [9.17, 15) is 50.4 Å². The van der Waals surface area contributed by atoms with Crippen molar-refractivity contribution in [2.24, 2.45) is 0 Å². The van der Waals surface area contributed by atoms with E-state index in [-0.39, 0.29) is 22.7 Å². The second-order valence-electron chi connectivity index (χ2n) is 10.3. The van der Waals surface area contributed by atoms with Gasteiger partial charge >= 0.3 is 5.97 Å². The number of aliphatic hydroxyl groups is 5. The van der Waals surface area contributed by atoms with Crippen LogP contribution in [-0.2, 0) is 19.0 Å². The Morgan fingerprint density at radius 1 is 0.841 bits per heavy atom. The summed E-state index contributed by atoms with van der Waals surface area (Å²) < 4.78 is 32.8. The first-order valence-electron chi connectivity index (χ1n) is 13.3. The third-order valence-corrected chi connectivity index (χ3v) is 7.25. The molecule has 16 heteroatoms. The summed E-state index contributed by atoms with van der Waals surface area (Å²) in [6.45, 7) is 2.10. The Bertz CT molecular complexity index is 1600. The van der Waals surface area contributed by atoms with Crippen LogP contribution in [0, 0.1) is 0 Å². The zero-order valence-electron chi connectivity index (χ0n) is 23.1. The SMILES string of the molecule is CC(=O)OC[C@@H]1O[C@@H](Oc2c(-c3ccc(O)c(O)c3)oc3ccc(O[C@@H]4O[C@@H](C)[C@H](O)[C@@H](O)[C@H]4O)c(O)c3c2=O)[C@H](O)[C@H]1O. The molecule has 3 heterocycles. The molecule has 2 aliphatic rings. The molecular weight excluding hydrogens is 592 g/mol. The second-order valence-corrected chi connectivity index (χ2v) is 10.3. The molecule has 44 heavy (non-hydrogen) atoms. The standard InChI is InChI=1S/C28H30O16/c1-9-18(32)22(36)24(38)27(40-9)42-15-6-5-14-17(19(15)33)21(35)26(25(41-14)11-3-4-12(30)13(31)7-11)44-28-23(37)20(34)16(43-28)8-39-10(2)29/h3-7,9,16,18,20,22-24,27-28,30-34,36-38H,8H2,1-2H3/t9-,16-,18-,20-,22+,23+,24+,27-,28-/m0/s1.